The first-order valence-electron chi connectivity index (χ1n) is 7.77. The number of aromatic nitrogens is 3. The van der Waals surface area contributed by atoms with E-state index < -0.39 is 0 Å². The third kappa shape index (κ3) is 3.79. The van der Waals surface area contributed by atoms with Crippen molar-refractivity contribution >= 4 is 30.0 Å². The molecule has 0 saturated heterocycles. The molecule has 0 spiro atoms. The minimum absolute atomic E-state index is 0.886. The molecule has 0 amide bonds. The molecule has 24 heavy (non-hydrogen) atoms. The Kier molecular flexibility index (Phi) is 5.20. The van der Waals surface area contributed by atoms with E-state index in [0.29, 0.717) is 0 Å². The zero-order valence-corrected chi connectivity index (χ0v) is 13.3. The monoisotopic (exact) mass is 311 g/mol. The van der Waals surface area contributed by atoms with E-state index in [9.17, 15) is 0 Å². The highest BCUT2D eigenvalue weighted by molar-refractivity contribution is 6.14. The lowest BCUT2D eigenvalue weighted by Crippen LogP contribution is -1.96. The lowest BCUT2D eigenvalue weighted by molar-refractivity contribution is 1.32. The molecule has 2 N–H and O–H groups in total. The Bertz CT molecular complexity index is 914. The fourth-order valence-corrected chi connectivity index (χ4v) is 2.38. The van der Waals surface area contributed by atoms with Crippen LogP contribution in [0.1, 0.15) is 0 Å². The summed E-state index contributed by atoms with van der Waals surface area (Å²) < 4.78 is 1.68. The second-order valence-corrected chi connectivity index (χ2v) is 5.18. The molecule has 3 rings (SSSR count). The molecule has 0 aliphatic heterocycles. The molecule has 0 saturated carbocycles. The van der Waals surface area contributed by atoms with Gasteiger partial charge in [-0.3, -0.25) is 0 Å². The number of rotatable bonds is 0. The molecule has 4 heteroatoms. The van der Waals surface area contributed by atoms with Gasteiger partial charge in [0.1, 0.15) is 0 Å². The molecule has 2 radical (unpaired) electrons. The van der Waals surface area contributed by atoms with Crippen molar-refractivity contribution in [1.29, 1.82) is 0 Å². The Balaban J connectivity index is 2.48. The van der Waals surface area contributed by atoms with Crippen LogP contribution < -0.4 is 0 Å². The van der Waals surface area contributed by atoms with E-state index in [2.05, 4.69) is 9.97 Å². The smallest absolute Gasteiger partial charge is 0.234 e. The van der Waals surface area contributed by atoms with Crippen molar-refractivity contribution in [2.75, 3.05) is 0 Å². The summed E-state index contributed by atoms with van der Waals surface area (Å²) in [4.78, 5) is 6.56. The van der Waals surface area contributed by atoms with Crippen molar-refractivity contribution in [3.05, 3.63) is 97.3 Å². The number of fused-ring (bicyclic) bond motifs is 2. The van der Waals surface area contributed by atoms with Gasteiger partial charge >= 0.3 is 0 Å². The molecule has 116 valence electrons. The Hall–Kier alpha value is -3.14. The fraction of sp³-hybridized carbons (Fsp3) is 0. The van der Waals surface area contributed by atoms with Gasteiger partial charge in [0, 0.05) is 12.4 Å². The Morgan fingerprint density at radius 3 is 1.46 bits per heavy atom. The van der Waals surface area contributed by atoms with Crippen molar-refractivity contribution in [3.63, 3.8) is 0 Å². The van der Waals surface area contributed by atoms with Gasteiger partial charge in [-0.1, -0.05) is 48.5 Å². The summed E-state index contributed by atoms with van der Waals surface area (Å²) in [6.07, 6.45) is 3.77. The van der Waals surface area contributed by atoms with Crippen molar-refractivity contribution < 1.29 is 0 Å². The van der Waals surface area contributed by atoms with Crippen LogP contribution in [-0.4, -0.2) is 22.4 Å². The lowest BCUT2D eigenvalue weighted by atomic mass is 10.2. The highest BCUT2D eigenvalue weighted by Crippen LogP contribution is 2.12. The molecule has 1 aromatic heterocycles. The van der Waals surface area contributed by atoms with Crippen LogP contribution in [-0.2, 0) is 0 Å². The van der Waals surface area contributed by atoms with Gasteiger partial charge in [-0.05, 0) is 36.4 Å². The van der Waals surface area contributed by atoms with Crippen LogP contribution in [0.5, 0.6) is 0 Å². The van der Waals surface area contributed by atoms with Gasteiger partial charge in [0.15, 0.2) is 0 Å². The van der Waals surface area contributed by atoms with E-state index in [4.69, 9.17) is 7.98 Å². The summed E-state index contributed by atoms with van der Waals surface area (Å²) in [6.45, 7) is 0. The summed E-state index contributed by atoms with van der Waals surface area (Å²) in [5.74, 6) is 0. The molecular weight excluding hydrogens is 293 g/mol. The van der Waals surface area contributed by atoms with Crippen LogP contribution in [0.2, 0.25) is 0 Å². The number of aromatic amines is 2. The first-order chi connectivity index (χ1) is 11.9. The maximum Gasteiger partial charge on any atom is 0.234 e. The van der Waals surface area contributed by atoms with Gasteiger partial charge in [0.25, 0.3) is 0 Å². The third-order valence-corrected chi connectivity index (χ3v) is 3.55. The molecule has 2 aromatic carbocycles. The maximum absolute atomic E-state index is 6.42. The van der Waals surface area contributed by atoms with Gasteiger partial charge in [0.05, 0.1) is 22.1 Å². The topological polar surface area (TPSA) is 36.5 Å². The number of hydrogen-bond donors (Lipinski definition) is 2. The maximum atomic E-state index is 6.42. The summed E-state index contributed by atoms with van der Waals surface area (Å²) in [5, 5.41) is 0. The fourth-order valence-electron chi connectivity index (χ4n) is 2.38. The number of hydrogen-bond acceptors (Lipinski definition) is 0. The van der Waals surface area contributed by atoms with Crippen LogP contribution >= 0.6 is 0 Å². The van der Waals surface area contributed by atoms with Gasteiger partial charge in [0.2, 0.25) is 7.98 Å². The summed E-state index contributed by atoms with van der Waals surface area (Å²) in [5.41, 5.74) is 3.63. The number of nitrogens with one attached hydrogen (secondary N) is 2. The van der Waals surface area contributed by atoms with Crippen LogP contribution in [0.15, 0.2) is 97.3 Å². The van der Waals surface area contributed by atoms with E-state index in [-0.39, 0.29) is 0 Å². The molecule has 1 heterocycles. The molecule has 0 unspecified atom stereocenters. The second kappa shape index (κ2) is 7.93. The van der Waals surface area contributed by atoms with Crippen LogP contribution in [0.4, 0.5) is 0 Å². The number of para-hydroxylation sites is 4. The van der Waals surface area contributed by atoms with Crippen molar-refractivity contribution in [1.82, 2.24) is 14.4 Å². The molecule has 0 fully saturated rings. The Labute approximate surface area is 142 Å². The summed E-state index contributed by atoms with van der Waals surface area (Å²) in [7, 11) is 6.42. The quantitative estimate of drug-likeness (QED) is 0.562. The van der Waals surface area contributed by atoms with E-state index in [1.165, 1.54) is 0 Å². The van der Waals surface area contributed by atoms with E-state index >= 15 is 0 Å². The van der Waals surface area contributed by atoms with Gasteiger partial charge < -0.3 is 14.4 Å². The van der Waals surface area contributed by atoms with E-state index in [1.807, 2.05) is 97.3 Å². The molecule has 0 aliphatic rings. The first kappa shape index (κ1) is 15.7. The molecule has 0 aliphatic carbocycles. The highest BCUT2D eigenvalue weighted by atomic mass is 14.9. The minimum Gasteiger partial charge on any atom is -0.394 e. The molecule has 0 bridgehead atoms. The number of nitrogens with zero attached hydrogens (tertiary/aromatic N) is 1. The second-order valence-electron chi connectivity index (χ2n) is 5.18. The largest absolute Gasteiger partial charge is 0.394 e. The summed E-state index contributed by atoms with van der Waals surface area (Å²) >= 11 is 0. The van der Waals surface area contributed by atoms with Crippen LogP contribution in [0, 0.1) is 0 Å². The summed E-state index contributed by atoms with van der Waals surface area (Å²) in [6, 6.07) is 27.6. The van der Waals surface area contributed by atoms with Crippen LogP contribution in [0.25, 0.3) is 22.1 Å². The van der Waals surface area contributed by atoms with Gasteiger partial charge in [-0.25, -0.2) is 0 Å². The third-order valence-electron chi connectivity index (χ3n) is 3.55. The minimum atomic E-state index is 0.886. The van der Waals surface area contributed by atoms with E-state index in [0.717, 1.165) is 22.1 Å². The zero-order valence-electron chi connectivity index (χ0n) is 13.3. The molecule has 3 aromatic rings. The standard InChI is InChI=1S/C20H18BN3/c21-24-19-13-7-5-11-17(19)22-15-9-3-1-2-4-10-16-23-18-12-6-8-14-20(18)24/h1-16,22-23H. The average Bonchev–Trinajstić information content (AvgIpc) is 2.63. The zero-order chi connectivity index (χ0) is 16.6. The van der Waals surface area contributed by atoms with Crippen LogP contribution in [0.3, 0.4) is 0 Å². The molecule has 0 atom stereocenters. The number of H-pyrrole nitrogens is 2. The SMILES string of the molecule is [B]n1c2ccccc2[nH]cccccccc[nH]c2ccccc21. The van der Waals surface area contributed by atoms with Crippen molar-refractivity contribution in [2.24, 2.45) is 0 Å². The van der Waals surface area contributed by atoms with Crippen molar-refractivity contribution in [3.8, 4) is 0 Å². The van der Waals surface area contributed by atoms with E-state index in [1.54, 1.807) is 4.48 Å². The number of benzene rings is 2. The predicted molar refractivity (Wildman–Crippen MR) is 102 cm³/mol. The van der Waals surface area contributed by atoms with Gasteiger partial charge in [-0.15, -0.1) is 0 Å². The van der Waals surface area contributed by atoms with Gasteiger partial charge in [-0.2, -0.15) is 0 Å². The Morgan fingerprint density at radius 2 is 0.958 bits per heavy atom. The molecular formula is C20H18BN3. The lowest BCUT2D eigenvalue weighted by Gasteiger charge is -2.06. The first-order valence-corrected chi connectivity index (χ1v) is 7.77. The molecule has 3 nitrogen and oxygen atoms in total. The highest BCUT2D eigenvalue weighted by Gasteiger charge is 1.95. The Morgan fingerprint density at radius 1 is 0.542 bits per heavy atom. The van der Waals surface area contributed by atoms with Crippen molar-refractivity contribution in [2.45, 2.75) is 0 Å². The normalized spacial score (nSPS) is 9.83. The average molecular weight is 311 g/mol. The predicted octanol–water partition coefficient (Wildman–Crippen LogP) is 4.76.